The molecule has 1 aliphatic rings. The lowest BCUT2D eigenvalue weighted by atomic mass is 9.85. The lowest BCUT2D eigenvalue weighted by molar-refractivity contribution is 0.0388. The second-order valence-electron chi connectivity index (χ2n) is 3.48. The molecule has 1 fully saturated rings. The Kier molecular flexibility index (Phi) is 3.45. The third-order valence-electron chi connectivity index (χ3n) is 2.54. The second kappa shape index (κ2) is 4.39. The van der Waals surface area contributed by atoms with Crippen LogP contribution in [0.4, 0.5) is 0 Å². The van der Waals surface area contributed by atoms with Crippen LogP contribution in [0.25, 0.3) is 0 Å². The third-order valence-corrected chi connectivity index (χ3v) is 2.54. The van der Waals surface area contributed by atoms with Crippen LogP contribution < -0.4 is 0 Å². The van der Waals surface area contributed by atoms with Crippen LogP contribution in [0.3, 0.4) is 0 Å². The molecule has 0 aromatic carbocycles. The summed E-state index contributed by atoms with van der Waals surface area (Å²) in [5.41, 5.74) is 0. The number of hydrogen-bond acceptors (Lipinski definition) is 3. The Labute approximate surface area is 72.8 Å². The minimum Gasteiger partial charge on any atom is -0.379 e. The van der Waals surface area contributed by atoms with Gasteiger partial charge in [0.15, 0.2) is 0 Å². The van der Waals surface area contributed by atoms with Crippen molar-refractivity contribution in [3.8, 4) is 0 Å². The van der Waals surface area contributed by atoms with Gasteiger partial charge in [0.2, 0.25) is 6.08 Å². The van der Waals surface area contributed by atoms with Crippen LogP contribution in [0.1, 0.15) is 26.2 Å². The van der Waals surface area contributed by atoms with Crippen LogP contribution in [0, 0.1) is 5.92 Å². The van der Waals surface area contributed by atoms with E-state index in [0.29, 0.717) is 5.92 Å². The molecule has 68 valence electrons. The van der Waals surface area contributed by atoms with Gasteiger partial charge in [-0.1, -0.05) is 6.92 Å². The fourth-order valence-corrected chi connectivity index (χ4v) is 1.78. The lowest BCUT2D eigenvalue weighted by Gasteiger charge is -2.30. The first kappa shape index (κ1) is 9.43. The largest absolute Gasteiger partial charge is 0.379 e. The third kappa shape index (κ3) is 2.16. The highest BCUT2D eigenvalue weighted by Gasteiger charge is 2.28. The first-order valence-electron chi connectivity index (χ1n) is 4.37. The van der Waals surface area contributed by atoms with Gasteiger partial charge in [-0.2, -0.15) is 4.99 Å². The molecule has 0 N–H and O–H groups in total. The summed E-state index contributed by atoms with van der Waals surface area (Å²) in [7, 11) is 1.68. The number of ether oxygens (including phenoxy) is 1. The van der Waals surface area contributed by atoms with Crippen LogP contribution >= 0.6 is 0 Å². The van der Waals surface area contributed by atoms with Crippen molar-refractivity contribution >= 4 is 6.08 Å². The Morgan fingerprint density at radius 1 is 1.50 bits per heavy atom. The molecular formula is C9H15NO2. The van der Waals surface area contributed by atoms with E-state index in [1.807, 2.05) is 0 Å². The summed E-state index contributed by atoms with van der Waals surface area (Å²) in [5, 5.41) is 0. The molecule has 1 saturated carbocycles. The van der Waals surface area contributed by atoms with Gasteiger partial charge in [-0.25, -0.2) is 4.79 Å². The molecular weight excluding hydrogens is 154 g/mol. The van der Waals surface area contributed by atoms with Crippen molar-refractivity contribution in [3.05, 3.63) is 0 Å². The number of isocyanates is 1. The molecule has 0 heterocycles. The molecule has 3 atom stereocenters. The molecule has 1 aliphatic carbocycles. The molecule has 0 spiro atoms. The number of rotatable bonds is 2. The van der Waals surface area contributed by atoms with Gasteiger partial charge in [0.1, 0.15) is 0 Å². The molecule has 0 aromatic rings. The SMILES string of the molecule is COC1CC(C)CCC1N=C=O. The summed E-state index contributed by atoms with van der Waals surface area (Å²) < 4.78 is 5.25. The van der Waals surface area contributed by atoms with E-state index in [1.54, 1.807) is 13.2 Å². The van der Waals surface area contributed by atoms with Crippen LogP contribution in [-0.2, 0) is 9.53 Å². The van der Waals surface area contributed by atoms with E-state index >= 15 is 0 Å². The summed E-state index contributed by atoms with van der Waals surface area (Å²) in [6.07, 6.45) is 4.83. The fraction of sp³-hybridized carbons (Fsp3) is 0.889. The van der Waals surface area contributed by atoms with Crippen LogP contribution in [-0.4, -0.2) is 25.3 Å². The average Bonchev–Trinajstić information content (AvgIpc) is 2.08. The van der Waals surface area contributed by atoms with Crippen molar-refractivity contribution < 1.29 is 9.53 Å². The molecule has 0 saturated heterocycles. The molecule has 0 bridgehead atoms. The summed E-state index contributed by atoms with van der Waals surface area (Å²) >= 11 is 0. The normalized spacial score (nSPS) is 35.7. The van der Waals surface area contributed by atoms with E-state index in [0.717, 1.165) is 19.3 Å². The molecule has 3 unspecified atom stereocenters. The Morgan fingerprint density at radius 2 is 2.25 bits per heavy atom. The molecule has 0 aliphatic heterocycles. The van der Waals surface area contributed by atoms with Crippen LogP contribution in [0.5, 0.6) is 0 Å². The molecule has 3 heteroatoms. The standard InChI is InChI=1S/C9H15NO2/c1-7-3-4-8(10-6-11)9(5-7)12-2/h7-9H,3-5H2,1-2H3. The highest BCUT2D eigenvalue weighted by atomic mass is 16.5. The Bertz CT molecular complexity index is 187. The molecule has 0 aromatic heterocycles. The van der Waals surface area contributed by atoms with Crippen molar-refractivity contribution in [2.45, 2.75) is 38.3 Å². The first-order chi connectivity index (χ1) is 5.77. The van der Waals surface area contributed by atoms with E-state index in [1.165, 1.54) is 0 Å². The predicted molar refractivity (Wildman–Crippen MR) is 45.7 cm³/mol. The van der Waals surface area contributed by atoms with Crippen molar-refractivity contribution in [1.82, 2.24) is 0 Å². The Balaban J connectivity index is 2.55. The summed E-state index contributed by atoms with van der Waals surface area (Å²) in [6, 6.07) is 0.0451. The minimum absolute atomic E-state index is 0.0451. The highest BCUT2D eigenvalue weighted by molar-refractivity contribution is 5.33. The quantitative estimate of drug-likeness (QED) is 0.464. The zero-order valence-electron chi connectivity index (χ0n) is 7.62. The number of methoxy groups -OCH3 is 1. The van der Waals surface area contributed by atoms with Gasteiger partial charge in [0.25, 0.3) is 0 Å². The Morgan fingerprint density at radius 3 is 2.83 bits per heavy atom. The topological polar surface area (TPSA) is 38.7 Å². The van der Waals surface area contributed by atoms with Crippen LogP contribution in [0.2, 0.25) is 0 Å². The van der Waals surface area contributed by atoms with E-state index < -0.39 is 0 Å². The molecule has 0 amide bonds. The minimum atomic E-state index is 0.0451. The number of aliphatic imine (C=N–C) groups is 1. The van der Waals surface area contributed by atoms with Gasteiger partial charge in [0, 0.05) is 7.11 Å². The maximum Gasteiger partial charge on any atom is 0.235 e. The Hall–Kier alpha value is -0.660. The molecule has 1 rings (SSSR count). The van der Waals surface area contributed by atoms with Crippen molar-refractivity contribution in [3.63, 3.8) is 0 Å². The number of nitrogens with zero attached hydrogens (tertiary/aromatic N) is 1. The van der Waals surface area contributed by atoms with Gasteiger partial charge >= 0.3 is 0 Å². The number of hydrogen-bond donors (Lipinski definition) is 0. The van der Waals surface area contributed by atoms with E-state index in [-0.39, 0.29) is 12.1 Å². The van der Waals surface area contributed by atoms with Crippen molar-refractivity contribution in [2.24, 2.45) is 10.9 Å². The fourth-order valence-electron chi connectivity index (χ4n) is 1.78. The average molecular weight is 169 g/mol. The van der Waals surface area contributed by atoms with E-state index in [9.17, 15) is 4.79 Å². The zero-order valence-corrected chi connectivity index (χ0v) is 7.62. The van der Waals surface area contributed by atoms with Gasteiger partial charge < -0.3 is 4.74 Å². The molecule has 12 heavy (non-hydrogen) atoms. The lowest BCUT2D eigenvalue weighted by Crippen LogP contribution is -2.33. The number of carbonyl (C=O) groups excluding carboxylic acids is 1. The highest BCUT2D eigenvalue weighted by Crippen LogP contribution is 2.27. The second-order valence-corrected chi connectivity index (χ2v) is 3.48. The van der Waals surface area contributed by atoms with E-state index in [4.69, 9.17) is 4.74 Å². The monoisotopic (exact) mass is 169 g/mol. The smallest absolute Gasteiger partial charge is 0.235 e. The van der Waals surface area contributed by atoms with Gasteiger partial charge in [0.05, 0.1) is 12.1 Å². The van der Waals surface area contributed by atoms with E-state index in [2.05, 4.69) is 11.9 Å². The first-order valence-corrected chi connectivity index (χ1v) is 4.37. The van der Waals surface area contributed by atoms with Gasteiger partial charge in [-0.05, 0) is 25.2 Å². The van der Waals surface area contributed by atoms with Crippen molar-refractivity contribution in [1.29, 1.82) is 0 Å². The molecule has 3 nitrogen and oxygen atoms in total. The van der Waals surface area contributed by atoms with Gasteiger partial charge in [-0.3, -0.25) is 0 Å². The van der Waals surface area contributed by atoms with Crippen LogP contribution in [0.15, 0.2) is 4.99 Å². The summed E-state index contributed by atoms with van der Waals surface area (Å²) in [6.45, 7) is 2.20. The molecule has 0 radical (unpaired) electrons. The maximum absolute atomic E-state index is 10.1. The van der Waals surface area contributed by atoms with Gasteiger partial charge in [-0.15, -0.1) is 0 Å². The van der Waals surface area contributed by atoms with Crippen molar-refractivity contribution in [2.75, 3.05) is 7.11 Å². The summed E-state index contributed by atoms with van der Waals surface area (Å²) in [5.74, 6) is 0.688. The summed E-state index contributed by atoms with van der Waals surface area (Å²) in [4.78, 5) is 13.8. The maximum atomic E-state index is 10.1. The predicted octanol–water partition coefficient (Wildman–Crippen LogP) is 1.53. The zero-order chi connectivity index (χ0) is 8.97.